The van der Waals surface area contributed by atoms with E-state index in [-0.39, 0.29) is 13.0 Å². The zero-order valence-corrected chi connectivity index (χ0v) is 23.0. The molecule has 3 rings (SSSR count). The molecule has 0 spiro atoms. The van der Waals surface area contributed by atoms with Crippen molar-refractivity contribution in [3.05, 3.63) is 44.6 Å². The minimum Gasteiger partial charge on any atom is -0.750 e. The average Bonchev–Trinajstić information content (AvgIpc) is 3.50. The van der Waals surface area contributed by atoms with Crippen LogP contribution in [-0.2, 0) is 32.7 Å². The molecule has 0 radical (unpaired) electrons. The summed E-state index contributed by atoms with van der Waals surface area (Å²) in [6.45, 7) is 2.88. The largest absolute Gasteiger partial charge is 0.750 e. The predicted octanol–water partition coefficient (Wildman–Crippen LogP) is -0.720. The smallest absolute Gasteiger partial charge is 0.361 e. The number of aromatic nitrogens is 1. The lowest BCUT2D eigenvalue weighted by atomic mass is 10.4. The van der Waals surface area contributed by atoms with Gasteiger partial charge in [-0.2, -0.15) is 0 Å². The van der Waals surface area contributed by atoms with Crippen LogP contribution in [0.4, 0.5) is 0 Å². The SMILES string of the molecule is Cn1/c(=C\C=C\C2=[N+](CCCOS(=O)[O-])CCS2)oc(=O)/c1=C\C=C1\SCCN1CCCS(=O)(=O)[O-]. The molecule has 0 aliphatic carbocycles. The summed E-state index contributed by atoms with van der Waals surface area (Å²) < 4.78 is 67.1. The van der Waals surface area contributed by atoms with Crippen molar-refractivity contribution in [2.45, 2.75) is 12.8 Å². The van der Waals surface area contributed by atoms with Crippen molar-refractivity contribution < 1.29 is 34.9 Å². The molecule has 200 valence electrons. The van der Waals surface area contributed by atoms with E-state index in [9.17, 15) is 26.5 Å². The molecule has 1 aromatic rings. The second-order valence-electron chi connectivity index (χ2n) is 7.87. The summed E-state index contributed by atoms with van der Waals surface area (Å²) in [7, 11) is -2.50. The summed E-state index contributed by atoms with van der Waals surface area (Å²) >= 11 is 0.803. The second-order valence-corrected chi connectivity index (χ2v) is 12.3. The molecular weight excluding hydrogens is 551 g/mol. The summed E-state index contributed by atoms with van der Waals surface area (Å²) in [6.07, 6.45) is 9.78. The lowest BCUT2D eigenvalue weighted by Gasteiger charge is -2.19. The normalized spacial score (nSPS) is 20.1. The standard InChI is InChI=1S/C21H29N3O8S4/c1-22-17(7-8-20-24(12-15-34-20)10-4-16-36(28,29)30)21(25)32-18(22)5-2-6-19-23(11-14-33-19)9-3-13-31-35(26)27/h2,5-8H,3-4,9-16H2,1H3,(H-,26,27,28,29,30)/p-1/b17-7+,20-8+. The Morgan fingerprint density at radius 1 is 1.22 bits per heavy atom. The first-order valence-corrected chi connectivity index (χ1v) is 15.7. The molecule has 0 saturated carbocycles. The molecule has 1 aromatic heterocycles. The molecule has 15 heteroatoms. The van der Waals surface area contributed by atoms with Crippen LogP contribution in [0.3, 0.4) is 0 Å². The highest BCUT2D eigenvalue weighted by atomic mass is 32.2. The number of hydrogen-bond donors (Lipinski definition) is 0. The van der Waals surface area contributed by atoms with Crippen LogP contribution in [0, 0.1) is 0 Å². The number of allylic oxidation sites excluding steroid dienone is 2. The first kappa shape index (κ1) is 28.9. The quantitative estimate of drug-likeness (QED) is 0.134. The van der Waals surface area contributed by atoms with E-state index in [1.807, 2.05) is 23.1 Å². The summed E-state index contributed by atoms with van der Waals surface area (Å²) in [5.74, 6) is 1.38. The van der Waals surface area contributed by atoms with Crippen LogP contribution < -0.4 is 16.5 Å². The second kappa shape index (κ2) is 13.8. The summed E-state index contributed by atoms with van der Waals surface area (Å²) in [5, 5.41) is 2.33. The zero-order chi connectivity index (χ0) is 26.1. The van der Waals surface area contributed by atoms with Crippen LogP contribution in [0.2, 0.25) is 0 Å². The Balaban J connectivity index is 1.69. The highest BCUT2D eigenvalue weighted by Gasteiger charge is 2.20. The molecule has 0 aromatic carbocycles. The summed E-state index contributed by atoms with van der Waals surface area (Å²) in [6, 6.07) is 0. The summed E-state index contributed by atoms with van der Waals surface area (Å²) in [5.41, 5.74) is -0.0831. The highest BCUT2D eigenvalue weighted by Crippen LogP contribution is 2.27. The van der Waals surface area contributed by atoms with E-state index in [1.165, 1.54) is 0 Å². The number of nitrogens with zero attached hydrogens (tertiary/aromatic N) is 3. The highest BCUT2D eigenvalue weighted by molar-refractivity contribution is 8.14. The Hall–Kier alpha value is -1.62. The van der Waals surface area contributed by atoms with E-state index in [4.69, 9.17) is 4.42 Å². The topological polar surface area (TPSA) is 148 Å². The molecule has 1 saturated heterocycles. The Labute approximate surface area is 220 Å². The lowest BCUT2D eigenvalue weighted by molar-refractivity contribution is -0.517. The van der Waals surface area contributed by atoms with Crippen LogP contribution in [0.25, 0.3) is 12.2 Å². The minimum atomic E-state index is -4.23. The first-order chi connectivity index (χ1) is 17.1. The Bertz CT molecular complexity index is 1330. The zero-order valence-electron chi connectivity index (χ0n) is 19.7. The van der Waals surface area contributed by atoms with Gasteiger partial charge in [-0.25, -0.2) is 22.0 Å². The van der Waals surface area contributed by atoms with Crippen LogP contribution in [0.1, 0.15) is 12.8 Å². The van der Waals surface area contributed by atoms with E-state index in [0.29, 0.717) is 30.4 Å². The maximum absolute atomic E-state index is 12.4. The van der Waals surface area contributed by atoms with Gasteiger partial charge in [0.25, 0.3) is 0 Å². The van der Waals surface area contributed by atoms with Crippen LogP contribution in [0.5, 0.6) is 0 Å². The van der Waals surface area contributed by atoms with Crippen LogP contribution >= 0.6 is 23.5 Å². The van der Waals surface area contributed by atoms with Crippen molar-refractivity contribution in [3.63, 3.8) is 0 Å². The molecule has 2 aliphatic rings. The maximum atomic E-state index is 12.4. The van der Waals surface area contributed by atoms with E-state index < -0.39 is 32.9 Å². The Morgan fingerprint density at radius 3 is 2.78 bits per heavy atom. The number of thioether (sulfide) groups is 2. The van der Waals surface area contributed by atoms with Gasteiger partial charge in [-0.1, -0.05) is 11.8 Å². The molecule has 1 fully saturated rings. The predicted molar refractivity (Wildman–Crippen MR) is 140 cm³/mol. The molecule has 11 nitrogen and oxygen atoms in total. The average molecular weight is 579 g/mol. The number of hydrogen-bond acceptors (Lipinski definition) is 11. The fourth-order valence-corrected chi connectivity index (χ4v) is 6.50. The van der Waals surface area contributed by atoms with Crippen molar-refractivity contribution in [2.75, 3.05) is 50.0 Å². The molecule has 0 amide bonds. The van der Waals surface area contributed by atoms with Crippen molar-refractivity contribution in [2.24, 2.45) is 7.05 Å². The molecule has 0 bridgehead atoms. The molecule has 1 atom stereocenters. The summed E-state index contributed by atoms with van der Waals surface area (Å²) in [4.78, 5) is 14.4. The van der Waals surface area contributed by atoms with Gasteiger partial charge in [-0.3, -0.25) is 0 Å². The maximum Gasteiger partial charge on any atom is 0.361 e. The molecule has 1 unspecified atom stereocenters. The van der Waals surface area contributed by atoms with Gasteiger partial charge >= 0.3 is 5.63 Å². The van der Waals surface area contributed by atoms with Gasteiger partial charge in [-0.05, 0) is 30.7 Å². The van der Waals surface area contributed by atoms with Crippen molar-refractivity contribution in [3.8, 4) is 0 Å². The van der Waals surface area contributed by atoms with Gasteiger partial charge in [0.2, 0.25) is 10.6 Å². The molecule has 36 heavy (non-hydrogen) atoms. The third-order valence-corrected chi connectivity index (χ3v) is 8.68. The fourth-order valence-electron chi connectivity index (χ4n) is 3.65. The molecule has 0 N–H and O–H groups in total. The van der Waals surface area contributed by atoms with Crippen molar-refractivity contribution >= 4 is 62.2 Å². The lowest BCUT2D eigenvalue weighted by Crippen LogP contribution is -2.29. The number of rotatable bonds is 12. The molecule has 3 heterocycles. The number of oxazole rings is 1. The van der Waals surface area contributed by atoms with Gasteiger partial charge in [0.1, 0.15) is 11.9 Å². The molecular formula is C21H28N3O8S4-. The Kier molecular flexibility index (Phi) is 11.1. The van der Waals surface area contributed by atoms with Crippen molar-refractivity contribution in [1.82, 2.24) is 9.47 Å². The van der Waals surface area contributed by atoms with E-state index in [2.05, 4.69) is 8.76 Å². The van der Waals surface area contributed by atoms with E-state index in [0.717, 1.165) is 34.7 Å². The van der Waals surface area contributed by atoms with Gasteiger partial charge in [0, 0.05) is 44.1 Å². The van der Waals surface area contributed by atoms with Gasteiger partial charge in [0.05, 0.1) is 38.9 Å². The van der Waals surface area contributed by atoms with Crippen molar-refractivity contribution in [1.29, 1.82) is 0 Å². The third-order valence-electron chi connectivity index (χ3n) is 5.38. The fraction of sp³-hybridized carbons (Fsp3) is 0.524. The van der Waals surface area contributed by atoms with Gasteiger partial charge in [0.15, 0.2) is 6.54 Å². The van der Waals surface area contributed by atoms with E-state index in [1.54, 1.807) is 47.3 Å². The monoisotopic (exact) mass is 578 g/mol. The van der Waals surface area contributed by atoms with Crippen LogP contribution in [0.15, 0.2) is 32.5 Å². The molecule has 2 aliphatic heterocycles. The van der Waals surface area contributed by atoms with Gasteiger partial charge in [-0.15, -0.1) is 11.8 Å². The third kappa shape index (κ3) is 9.04. The van der Waals surface area contributed by atoms with E-state index >= 15 is 0 Å². The first-order valence-electron chi connectivity index (χ1n) is 11.2. The van der Waals surface area contributed by atoms with Gasteiger partial charge < -0.3 is 27.2 Å². The Morgan fingerprint density at radius 2 is 2.03 bits per heavy atom. The minimum absolute atomic E-state index is 0.142. The van der Waals surface area contributed by atoms with Crippen LogP contribution in [-0.4, -0.2) is 90.9 Å².